The lowest BCUT2D eigenvalue weighted by molar-refractivity contribution is 0.183. The fourth-order valence-corrected chi connectivity index (χ4v) is 1.51. The molecule has 0 aromatic carbocycles. The van der Waals surface area contributed by atoms with E-state index in [2.05, 4.69) is 27.5 Å². The van der Waals surface area contributed by atoms with Crippen LogP contribution in [0, 0.1) is 0 Å². The predicted molar refractivity (Wildman–Crippen MR) is 74.6 cm³/mol. The number of aliphatic hydroxyl groups is 1. The van der Waals surface area contributed by atoms with Crippen molar-refractivity contribution < 1.29 is 5.11 Å². The van der Waals surface area contributed by atoms with E-state index in [1.54, 1.807) is 6.92 Å². The minimum absolute atomic E-state index is 0.258. The molecule has 5 N–H and O–H groups in total. The van der Waals surface area contributed by atoms with Crippen molar-refractivity contribution in [3.8, 4) is 0 Å². The van der Waals surface area contributed by atoms with E-state index in [4.69, 9.17) is 10.8 Å². The number of rotatable bonds is 8. The molecule has 1 aromatic heterocycles. The molecule has 0 fully saturated rings. The van der Waals surface area contributed by atoms with Gasteiger partial charge in [-0.15, -0.1) is 0 Å². The molecule has 1 unspecified atom stereocenters. The fourth-order valence-electron chi connectivity index (χ4n) is 1.51. The summed E-state index contributed by atoms with van der Waals surface area (Å²) in [6, 6.07) is 1.84. The molecule has 0 spiro atoms. The summed E-state index contributed by atoms with van der Waals surface area (Å²) in [5.74, 6) is 1.71. The Hall–Kier alpha value is -1.56. The van der Waals surface area contributed by atoms with Gasteiger partial charge in [-0.1, -0.05) is 6.92 Å². The van der Waals surface area contributed by atoms with Crippen LogP contribution in [0.15, 0.2) is 6.07 Å². The number of nitrogens with one attached hydrogen (secondary N) is 2. The van der Waals surface area contributed by atoms with E-state index in [0.29, 0.717) is 5.82 Å². The Labute approximate surface area is 108 Å². The summed E-state index contributed by atoms with van der Waals surface area (Å²) in [4.78, 5) is 8.22. The fraction of sp³-hybridized carbons (Fsp3) is 0.667. The molecule has 0 saturated heterocycles. The average molecular weight is 253 g/mol. The minimum Gasteiger partial charge on any atom is -0.393 e. The molecular formula is C12H23N5O. The van der Waals surface area contributed by atoms with Crippen LogP contribution in [0.3, 0.4) is 0 Å². The summed E-state index contributed by atoms with van der Waals surface area (Å²) >= 11 is 0. The summed E-state index contributed by atoms with van der Waals surface area (Å²) in [5.41, 5.74) is 5.64. The topological polar surface area (TPSA) is 96.1 Å². The number of hydrogen-bond acceptors (Lipinski definition) is 6. The first-order valence-electron chi connectivity index (χ1n) is 6.42. The average Bonchev–Trinajstić information content (AvgIpc) is 2.31. The zero-order valence-corrected chi connectivity index (χ0v) is 11.1. The third-order valence-electron chi connectivity index (χ3n) is 2.40. The van der Waals surface area contributed by atoms with Gasteiger partial charge in [-0.2, -0.15) is 9.97 Å². The number of aliphatic hydroxyl groups excluding tert-OH is 1. The van der Waals surface area contributed by atoms with Gasteiger partial charge in [0, 0.05) is 19.2 Å². The van der Waals surface area contributed by atoms with E-state index < -0.39 is 0 Å². The standard InChI is InChI=1S/C12H23N5O/c1-3-6-14-10-8-11(17-12(13)16-10)15-7-4-5-9(2)18/h8-9,18H,3-7H2,1-2H3,(H4,13,14,15,16,17). The molecule has 1 heterocycles. The van der Waals surface area contributed by atoms with Gasteiger partial charge < -0.3 is 21.5 Å². The second-order valence-electron chi connectivity index (χ2n) is 4.34. The molecule has 1 rings (SSSR count). The van der Waals surface area contributed by atoms with E-state index >= 15 is 0 Å². The summed E-state index contributed by atoms with van der Waals surface area (Å²) in [6.07, 6.45) is 2.43. The molecular weight excluding hydrogens is 230 g/mol. The molecule has 18 heavy (non-hydrogen) atoms. The van der Waals surface area contributed by atoms with Gasteiger partial charge in [0.15, 0.2) is 0 Å². The molecule has 1 atom stereocenters. The number of aromatic nitrogens is 2. The lowest BCUT2D eigenvalue weighted by Crippen LogP contribution is -2.10. The van der Waals surface area contributed by atoms with E-state index in [0.717, 1.165) is 38.2 Å². The van der Waals surface area contributed by atoms with Crippen LogP contribution in [0.4, 0.5) is 17.6 Å². The van der Waals surface area contributed by atoms with Gasteiger partial charge in [0.25, 0.3) is 0 Å². The number of anilines is 3. The van der Waals surface area contributed by atoms with Crippen LogP contribution < -0.4 is 16.4 Å². The largest absolute Gasteiger partial charge is 0.393 e. The first-order valence-corrected chi connectivity index (χ1v) is 6.42. The quantitative estimate of drug-likeness (QED) is 0.524. The van der Waals surface area contributed by atoms with Crippen LogP contribution in [0.5, 0.6) is 0 Å². The lowest BCUT2D eigenvalue weighted by atomic mass is 10.2. The Morgan fingerprint density at radius 1 is 1.28 bits per heavy atom. The van der Waals surface area contributed by atoms with E-state index in [1.165, 1.54) is 0 Å². The highest BCUT2D eigenvalue weighted by molar-refractivity contribution is 5.50. The minimum atomic E-state index is -0.260. The van der Waals surface area contributed by atoms with Gasteiger partial charge in [0.2, 0.25) is 5.95 Å². The molecule has 0 bridgehead atoms. The number of nitrogens with zero attached hydrogens (tertiary/aromatic N) is 2. The Morgan fingerprint density at radius 2 is 1.89 bits per heavy atom. The zero-order valence-electron chi connectivity index (χ0n) is 11.1. The van der Waals surface area contributed by atoms with Crippen molar-refractivity contribution in [2.24, 2.45) is 0 Å². The molecule has 102 valence electrons. The van der Waals surface area contributed by atoms with Crippen LogP contribution in [-0.2, 0) is 0 Å². The maximum atomic E-state index is 9.15. The monoisotopic (exact) mass is 253 g/mol. The van der Waals surface area contributed by atoms with Gasteiger partial charge in [-0.3, -0.25) is 0 Å². The Bertz CT molecular complexity index is 356. The van der Waals surface area contributed by atoms with Crippen molar-refractivity contribution in [2.45, 2.75) is 39.2 Å². The van der Waals surface area contributed by atoms with Gasteiger partial charge in [-0.05, 0) is 26.2 Å². The summed E-state index contributed by atoms with van der Waals surface area (Å²) in [5, 5.41) is 15.5. The van der Waals surface area contributed by atoms with Crippen LogP contribution in [0.2, 0.25) is 0 Å². The van der Waals surface area contributed by atoms with Gasteiger partial charge >= 0.3 is 0 Å². The normalized spacial score (nSPS) is 12.2. The Morgan fingerprint density at radius 3 is 2.44 bits per heavy atom. The molecule has 0 radical (unpaired) electrons. The van der Waals surface area contributed by atoms with Crippen LogP contribution in [0.1, 0.15) is 33.1 Å². The van der Waals surface area contributed by atoms with Crippen molar-refractivity contribution in [1.82, 2.24) is 9.97 Å². The Balaban J connectivity index is 2.46. The van der Waals surface area contributed by atoms with E-state index in [9.17, 15) is 0 Å². The summed E-state index contributed by atoms with van der Waals surface area (Å²) < 4.78 is 0. The molecule has 1 aromatic rings. The molecule has 0 aliphatic carbocycles. The van der Waals surface area contributed by atoms with Gasteiger partial charge in [0.05, 0.1) is 6.10 Å². The lowest BCUT2D eigenvalue weighted by Gasteiger charge is -2.10. The van der Waals surface area contributed by atoms with Gasteiger partial charge in [0.1, 0.15) is 11.6 Å². The van der Waals surface area contributed by atoms with Crippen molar-refractivity contribution in [3.05, 3.63) is 6.07 Å². The van der Waals surface area contributed by atoms with Crippen molar-refractivity contribution in [2.75, 3.05) is 29.5 Å². The first-order chi connectivity index (χ1) is 8.61. The van der Waals surface area contributed by atoms with Crippen molar-refractivity contribution in [1.29, 1.82) is 0 Å². The van der Waals surface area contributed by atoms with E-state index in [1.807, 2.05) is 6.07 Å². The van der Waals surface area contributed by atoms with Crippen LogP contribution >= 0.6 is 0 Å². The van der Waals surface area contributed by atoms with Crippen molar-refractivity contribution >= 4 is 17.6 Å². The first kappa shape index (κ1) is 14.5. The second-order valence-corrected chi connectivity index (χ2v) is 4.34. The molecule has 0 aliphatic heterocycles. The SMILES string of the molecule is CCCNc1cc(NCCCC(C)O)nc(N)n1. The maximum Gasteiger partial charge on any atom is 0.223 e. The number of hydrogen-bond donors (Lipinski definition) is 4. The highest BCUT2D eigenvalue weighted by atomic mass is 16.3. The van der Waals surface area contributed by atoms with Crippen molar-refractivity contribution in [3.63, 3.8) is 0 Å². The third-order valence-corrected chi connectivity index (χ3v) is 2.40. The zero-order chi connectivity index (χ0) is 13.4. The molecule has 0 aliphatic rings. The Kier molecular flexibility index (Phi) is 6.21. The molecule has 0 amide bonds. The smallest absolute Gasteiger partial charge is 0.223 e. The highest BCUT2D eigenvalue weighted by Gasteiger charge is 2.02. The van der Waals surface area contributed by atoms with Crippen LogP contribution in [0.25, 0.3) is 0 Å². The molecule has 6 heteroatoms. The van der Waals surface area contributed by atoms with Crippen LogP contribution in [-0.4, -0.2) is 34.3 Å². The molecule has 0 saturated carbocycles. The summed E-state index contributed by atoms with van der Waals surface area (Å²) in [6.45, 7) is 5.49. The van der Waals surface area contributed by atoms with Gasteiger partial charge in [-0.25, -0.2) is 0 Å². The second kappa shape index (κ2) is 7.71. The third kappa shape index (κ3) is 5.67. The number of nitrogen functional groups attached to an aromatic ring is 1. The predicted octanol–water partition coefficient (Wildman–Crippen LogP) is 1.45. The molecule has 6 nitrogen and oxygen atoms in total. The highest BCUT2D eigenvalue weighted by Crippen LogP contribution is 2.12. The maximum absolute atomic E-state index is 9.15. The summed E-state index contributed by atoms with van der Waals surface area (Å²) in [7, 11) is 0. The number of nitrogens with two attached hydrogens (primary N) is 1. The van der Waals surface area contributed by atoms with E-state index in [-0.39, 0.29) is 12.1 Å².